The van der Waals surface area contributed by atoms with Gasteiger partial charge in [0.25, 0.3) is 0 Å². The number of hydrogen-bond acceptors (Lipinski definition) is 3. The van der Waals surface area contributed by atoms with E-state index in [2.05, 4.69) is 0 Å². The molecule has 0 fully saturated rings. The van der Waals surface area contributed by atoms with Gasteiger partial charge in [-0.1, -0.05) is 6.07 Å². The molecule has 0 amide bonds. The summed E-state index contributed by atoms with van der Waals surface area (Å²) in [6.07, 6.45) is -0.475. The molecule has 0 saturated heterocycles. The summed E-state index contributed by atoms with van der Waals surface area (Å²) in [5.41, 5.74) is 3.58. The van der Waals surface area contributed by atoms with E-state index in [0.29, 0.717) is 5.56 Å². The monoisotopic (exact) mass is 192 g/mol. The van der Waals surface area contributed by atoms with E-state index in [4.69, 9.17) is 9.84 Å². The highest BCUT2D eigenvalue weighted by Gasteiger charge is 2.30. The first kappa shape index (κ1) is 9.21. The molecule has 0 unspecified atom stereocenters. The van der Waals surface area contributed by atoms with Crippen molar-refractivity contribution in [3.05, 3.63) is 34.4 Å². The molecule has 0 aromatic heterocycles. The molecular weight excluding hydrogens is 180 g/mol. The Morgan fingerprint density at radius 1 is 1.36 bits per heavy atom. The molecule has 1 atom stereocenters. The molecule has 0 aliphatic carbocycles. The van der Waals surface area contributed by atoms with Crippen LogP contribution in [-0.4, -0.2) is 17.7 Å². The first-order valence-corrected chi connectivity index (χ1v) is 4.56. The van der Waals surface area contributed by atoms with E-state index >= 15 is 0 Å². The second kappa shape index (κ2) is 3.10. The Hall–Kier alpha value is -1.35. The molecule has 1 N–H and O–H groups in total. The first-order chi connectivity index (χ1) is 6.63. The minimum absolute atomic E-state index is 0.152. The van der Waals surface area contributed by atoms with Crippen LogP contribution in [0.1, 0.15) is 33.2 Å². The van der Waals surface area contributed by atoms with Gasteiger partial charge in [-0.05, 0) is 31.0 Å². The molecular formula is C11H12O3. The molecule has 2 rings (SSSR count). The molecule has 1 aromatic carbocycles. The van der Waals surface area contributed by atoms with Crippen LogP contribution in [0, 0.1) is 13.8 Å². The molecule has 14 heavy (non-hydrogen) atoms. The number of cyclic esters (lactones) is 1. The third-order valence-electron chi connectivity index (χ3n) is 2.65. The zero-order valence-corrected chi connectivity index (χ0v) is 8.20. The number of ether oxygens (including phenoxy) is 1. The average molecular weight is 192 g/mol. The van der Waals surface area contributed by atoms with Crippen LogP contribution in [0.25, 0.3) is 0 Å². The predicted molar refractivity (Wildman–Crippen MR) is 51.2 cm³/mol. The Morgan fingerprint density at radius 2 is 2.00 bits per heavy atom. The van der Waals surface area contributed by atoms with Crippen LogP contribution in [0.2, 0.25) is 0 Å². The largest absolute Gasteiger partial charge is 0.451 e. The average Bonchev–Trinajstić information content (AvgIpc) is 2.45. The van der Waals surface area contributed by atoms with Gasteiger partial charge in [0, 0.05) is 5.56 Å². The Bertz CT molecular complexity index is 396. The number of esters is 1. The molecule has 0 saturated carbocycles. The smallest absolute Gasteiger partial charge is 0.339 e. The molecule has 74 valence electrons. The highest BCUT2D eigenvalue weighted by molar-refractivity contribution is 5.94. The van der Waals surface area contributed by atoms with E-state index in [1.165, 1.54) is 0 Å². The van der Waals surface area contributed by atoms with Crippen molar-refractivity contribution in [3.8, 4) is 0 Å². The van der Waals surface area contributed by atoms with Gasteiger partial charge < -0.3 is 9.84 Å². The fraction of sp³-hybridized carbons (Fsp3) is 0.364. The summed E-state index contributed by atoms with van der Waals surface area (Å²) >= 11 is 0. The third-order valence-corrected chi connectivity index (χ3v) is 2.65. The Balaban J connectivity index is 2.58. The van der Waals surface area contributed by atoms with E-state index < -0.39 is 6.10 Å². The summed E-state index contributed by atoms with van der Waals surface area (Å²) in [6.45, 7) is 3.78. The second-order valence-corrected chi connectivity index (χ2v) is 3.60. The normalized spacial score (nSPS) is 19.4. The van der Waals surface area contributed by atoms with Gasteiger partial charge in [0.15, 0.2) is 6.10 Å². The van der Waals surface area contributed by atoms with Crippen LogP contribution in [0.3, 0.4) is 0 Å². The maximum atomic E-state index is 11.4. The van der Waals surface area contributed by atoms with Crippen LogP contribution in [0.5, 0.6) is 0 Å². The maximum Gasteiger partial charge on any atom is 0.339 e. The first-order valence-electron chi connectivity index (χ1n) is 4.56. The highest BCUT2D eigenvalue weighted by Crippen LogP contribution is 2.31. The van der Waals surface area contributed by atoms with Crippen molar-refractivity contribution in [2.24, 2.45) is 0 Å². The van der Waals surface area contributed by atoms with E-state index in [1.807, 2.05) is 26.0 Å². The zero-order chi connectivity index (χ0) is 10.3. The van der Waals surface area contributed by atoms with E-state index in [9.17, 15) is 4.79 Å². The van der Waals surface area contributed by atoms with Gasteiger partial charge >= 0.3 is 5.97 Å². The van der Waals surface area contributed by atoms with Crippen LogP contribution < -0.4 is 0 Å². The summed E-state index contributed by atoms with van der Waals surface area (Å²) in [5.74, 6) is -0.331. The lowest BCUT2D eigenvalue weighted by atomic mass is 9.99. The molecule has 0 radical (unpaired) electrons. The number of carbonyl (C=O) groups is 1. The van der Waals surface area contributed by atoms with Gasteiger partial charge in [-0.15, -0.1) is 0 Å². The molecule has 3 nitrogen and oxygen atoms in total. The number of aliphatic hydroxyl groups excluding tert-OH is 1. The lowest BCUT2D eigenvalue weighted by molar-refractivity contribution is 0.0235. The van der Waals surface area contributed by atoms with Crippen molar-refractivity contribution < 1.29 is 14.6 Å². The third kappa shape index (κ3) is 1.21. The number of rotatable bonds is 1. The second-order valence-electron chi connectivity index (χ2n) is 3.60. The van der Waals surface area contributed by atoms with Crippen LogP contribution in [0.15, 0.2) is 12.1 Å². The topological polar surface area (TPSA) is 46.5 Å². The summed E-state index contributed by atoms with van der Waals surface area (Å²) in [4.78, 5) is 11.4. The van der Waals surface area contributed by atoms with Crippen molar-refractivity contribution in [1.82, 2.24) is 0 Å². The zero-order valence-electron chi connectivity index (χ0n) is 8.20. The Kier molecular flexibility index (Phi) is 2.04. The number of aliphatic hydroxyl groups is 1. The van der Waals surface area contributed by atoms with Crippen molar-refractivity contribution >= 4 is 5.97 Å². The summed E-state index contributed by atoms with van der Waals surface area (Å²) < 4.78 is 5.00. The standard InChI is InChI=1S/C11H12O3/c1-6-3-8-9(4-7(6)2)11(13)14-10(8)5-12/h3-4,10,12H,5H2,1-2H3/t10-/m0/s1. The highest BCUT2D eigenvalue weighted by atomic mass is 16.6. The van der Waals surface area contributed by atoms with E-state index in [0.717, 1.165) is 16.7 Å². The fourth-order valence-electron chi connectivity index (χ4n) is 1.67. The van der Waals surface area contributed by atoms with Gasteiger partial charge in [-0.25, -0.2) is 4.79 Å². The molecule has 0 spiro atoms. The molecule has 1 aliphatic rings. The predicted octanol–water partition coefficient (Wildman–Crippen LogP) is 1.51. The Morgan fingerprint density at radius 3 is 2.64 bits per heavy atom. The molecule has 3 heteroatoms. The number of carbonyl (C=O) groups excluding carboxylic acids is 1. The Labute approximate surface area is 82.3 Å². The molecule has 1 aliphatic heterocycles. The van der Waals surface area contributed by atoms with Gasteiger partial charge in [0.05, 0.1) is 12.2 Å². The number of hydrogen-bond donors (Lipinski definition) is 1. The van der Waals surface area contributed by atoms with E-state index in [-0.39, 0.29) is 12.6 Å². The van der Waals surface area contributed by atoms with Gasteiger partial charge in [0.1, 0.15) is 0 Å². The van der Waals surface area contributed by atoms with Crippen LogP contribution in [-0.2, 0) is 4.74 Å². The molecule has 1 heterocycles. The van der Waals surface area contributed by atoms with Crippen molar-refractivity contribution in [2.75, 3.05) is 6.61 Å². The van der Waals surface area contributed by atoms with Crippen LogP contribution in [0.4, 0.5) is 0 Å². The van der Waals surface area contributed by atoms with Crippen LogP contribution >= 0.6 is 0 Å². The van der Waals surface area contributed by atoms with Gasteiger partial charge in [-0.3, -0.25) is 0 Å². The number of benzene rings is 1. The number of fused-ring (bicyclic) bond motifs is 1. The van der Waals surface area contributed by atoms with Crippen molar-refractivity contribution in [1.29, 1.82) is 0 Å². The van der Waals surface area contributed by atoms with E-state index in [1.54, 1.807) is 0 Å². The quantitative estimate of drug-likeness (QED) is 0.686. The summed E-state index contributed by atoms with van der Waals surface area (Å²) in [6, 6.07) is 3.74. The van der Waals surface area contributed by atoms with Crippen molar-refractivity contribution in [3.63, 3.8) is 0 Å². The maximum absolute atomic E-state index is 11.4. The lowest BCUT2D eigenvalue weighted by Gasteiger charge is -2.07. The van der Waals surface area contributed by atoms with Crippen molar-refractivity contribution in [2.45, 2.75) is 20.0 Å². The molecule has 1 aromatic rings. The SMILES string of the molecule is Cc1cc2c(cc1C)[C@H](CO)OC2=O. The molecule has 0 bridgehead atoms. The van der Waals surface area contributed by atoms with Gasteiger partial charge in [0.2, 0.25) is 0 Å². The lowest BCUT2D eigenvalue weighted by Crippen LogP contribution is -2.02. The van der Waals surface area contributed by atoms with Gasteiger partial charge in [-0.2, -0.15) is 0 Å². The minimum atomic E-state index is -0.475. The number of aryl methyl sites for hydroxylation is 2. The fourth-order valence-corrected chi connectivity index (χ4v) is 1.67. The summed E-state index contributed by atoms with van der Waals surface area (Å²) in [5, 5.41) is 9.01. The summed E-state index contributed by atoms with van der Waals surface area (Å²) in [7, 11) is 0. The minimum Gasteiger partial charge on any atom is -0.451 e.